The summed E-state index contributed by atoms with van der Waals surface area (Å²) in [6, 6.07) is 20.4. The first-order chi connectivity index (χ1) is 10.3. The normalized spacial score (nSPS) is 17.1. The minimum absolute atomic E-state index is 1.03. The van der Waals surface area contributed by atoms with E-state index in [0.717, 1.165) is 6.54 Å². The molecular weight excluding hydrogens is 317 g/mol. The Bertz CT molecular complexity index is 898. The van der Waals surface area contributed by atoms with Gasteiger partial charge >= 0.3 is 129 Å². The predicted molar refractivity (Wildman–Crippen MR) is 87.0 cm³/mol. The van der Waals surface area contributed by atoms with Crippen LogP contribution >= 0.6 is 0 Å². The number of aryl methyl sites for hydroxylation is 1. The van der Waals surface area contributed by atoms with Gasteiger partial charge in [-0.3, -0.25) is 0 Å². The quantitative estimate of drug-likeness (QED) is 0.296. The van der Waals surface area contributed by atoms with Gasteiger partial charge in [-0.1, -0.05) is 0 Å². The molecule has 0 amide bonds. The second-order valence-corrected chi connectivity index (χ2v) is 10.1. The van der Waals surface area contributed by atoms with Crippen LogP contribution in [0.1, 0.15) is 11.1 Å². The molecule has 0 saturated carbocycles. The Labute approximate surface area is 129 Å². The van der Waals surface area contributed by atoms with E-state index in [1.54, 1.807) is 18.7 Å². The number of aromatic nitrogens is 1. The first kappa shape index (κ1) is 11.8. The Morgan fingerprint density at radius 3 is 2.71 bits per heavy atom. The second kappa shape index (κ2) is 4.08. The van der Waals surface area contributed by atoms with Gasteiger partial charge in [0.25, 0.3) is 0 Å². The molecule has 0 radical (unpaired) electrons. The molecule has 0 spiro atoms. The molecule has 5 rings (SSSR count). The van der Waals surface area contributed by atoms with Crippen LogP contribution in [0.25, 0.3) is 11.1 Å². The summed E-state index contributed by atoms with van der Waals surface area (Å²) in [5, 5.41) is 0. The molecule has 1 atom stereocenters. The fourth-order valence-corrected chi connectivity index (χ4v) is 9.87. The molecule has 2 aromatic carbocycles. The van der Waals surface area contributed by atoms with Crippen LogP contribution in [0.2, 0.25) is 0 Å². The summed E-state index contributed by atoms with van der Waals surface area (Å²) in [5.74, 6) is 0. The van der Waals surface area contributed by atoms with Crippen LogP contribution in [-0.2, 0) is 6.54 Å². The van der Waals surface area contributed by atoms with Gasteiger partial charge in [0.2, 0.25) is 0 Å². The number of benzene rings is 2. The van der Waals surface area contributed by atoms with Crippen molar-refractivity contribution in [2.75, 3.05) is 0 Å². The van der Waals surface area contributed by atoms with Gasteiger partial charge < -0.3 is 0 Å². The maximum atomic E-state index is 2.47. The van der Waals surface area contributed by atoms with E-state index in [4.69, 9.17) is 0 Å². The topological polar surface area (TPSA) is 3.88 Å². The van der Waals surface area contributed by atoms with E-state index in [0.29, 0.717) is 0 Å². The number of hydrogen-bond acceptors (Lipinski definition) is 0. The van der Waals surface area contributed by atoms with E-state index in [9.17, 15) is 0 Å². The Kier molecular flexibility index (Phi) is 2.29. The van der Waals surface area contributed by atoms with Crippen molar-refractivity contribution in [2.24, 2.45) is 0 Å². The monoisotopic (exact) mass is 332 g/mol. The molecule has 0 N–H and O–H groups in total. The van der Waals surface area contributed by atoms with Crippen molar-refractivity contribution in [3.63, 3.8) is 0 Å². The second-order valence-electron chi connectivity index (χ2n) is 5.80. The fraction of sp³-hybridized carbons (Fsp3) is 0.105. The van der Waals surface area contributed by atoms with Crippen molar-refractivity contribution < 1.29 is 4.57 Å². The van der Waals surface area contributed by atoms with Crippen LogP contribution in [-0.4, -0.2) is 14.7 Å². The van der Waals surface area contributed by atoms with E-state index in [2.05, 4.69) is 72.3 Å². The van der Waals surface area contributed by atoms with Crippen LogP contribution in [0.3, 0.4) is 0 Å². The molecule has 0 bridgehead atoms. The van der Waals surface area contributed by atoms with E-state index in [-0.39, 0.29) is 0 Å². The van der Waals surface area contributed by atoms with Gasteiger partial charge in [0.05, 0.1) is 0 Å². The summed E-state index contributed by atoms with van der Waals surface area (Å²) in [7, 11) is 0. The summed E-state index contributed by atoms with van der Waals surface area (Å²) in [5.41, 5.74) is 6.00. The third kappa shape index (κ3) is 1.45. The van der Waals surface area contributed by atoms with E-state index in [1.807, 2.05) is 0 Å². The molecular formula is C19H15AsN+. The van der Waals surface area contributed by atoms with Crippen molar-refractivity contribution >= 4 is 27.8 Å². The standard InChI is InChI=1S/C19H15AsN/c1-13-9-10-15-14-6-2-3-7-17(14)20-18-8-4-5-11-21(18)12-16(13)19(15)20/h2-11H,12H2,1H3/q+1. The molecule has 0 saturated heterocycles. The summed E-state index contributed by atoms with van der Waals surface area (Å²) in [6.45, 7) is 3.30. The molecule has 2 heteroatoms. The van der Waals surface area contributed by atoms with E-state index in [1.165, 1.54) is 16.7 Å². The van der Waals surface area contributed by atoms with Gasteiger partial charge in [-0.15, -0.1) is 0 Å². The van der Waals surface area contributed by atoms with Gasteiger partial charge in [-0.05, 0) is 0 Å². The number of hydrogen-bond donors (Lipinski definition) is 0. The zero-order valence-electron chi connectivity index (χ0n) is 11.9. The van der Waals surface area contributed by atoms with Crippen LogP contribution < -0.4 is 17.8 Å². The zero-order valence-corrected chi connectivity index (χ0v) is 13.8. The van der Waals surface area contributed by atoms with Gasteiger partial charge in [0.15, 0.2) is 0 Å². The van der Waals surface area contributed by atoms with Crippen LogP contribution in [0.5, 0.6) is 0 Å². The number of fused-ring (bicyclic) bond motifs is 5. The van der Waals surface area contributed by atoms with E-state index >= 15 is 0 Å². The molecule has 2 aliphatic heterocycles. The number of rotatable bonds is 0. The van der Waals surface area contributed by atoms with Crippen molar-refractivity contribution in [3.8, 4) is 11.1 Å². The van der Waals surface area contributed by atoms with Gasteiger partial charge in [0.1, 0.15) is 0 Å². The molecule has 3 heterocycles. The fourth-order valence-electron chi connectivity index (χ4n) is 3.64. The van der Waals surface area contributed by atoms with Crippen molar-refractivity contribution in [3.05, 3.63) is 71.9 Å². The van der Waals surface area contributed by atoms with Crippen LogP contribution in [0.4, 0.5) is 0 Å². The summed E-state index contributed by atoms with van der Waals surface area (Å²) in [6.07, 6.45) is 2.25. The first-order valence-corrected chi connectivity index (χ1v) is 10.2. The Hall–Kier alpha value is -1.85. The average Bonchev–Trinajstić information content (AvgIpc) is 2.87. The SMILES string of the molecule is Cc1ccc2c3c1C[n+]1ccccc1[As]3c1ccccc1-2. The molecule has 1 nitrogen and oxygen atoms in total. The summed E-state index contributed by atoms with van der Waals surface area (Å²) in [4.78, 5) is 0. The summed E-state index contributed by atoms with van der Waals surface area (Å²) >= 11 is -1.35. The molecule has 2 aliphatic rings. The van der Waals surface area contributed by atoms with Crippen LogP contribution in [0.15, 0.2) is 60.8 Å². The van der Waals surface area contributed by atoms with Gasteiger partial charge in [-0.25, -0.2) is 0 Å². The molecule has 1 unspecified atom stereocenters. The Morgan fingerprint density at radius 2 is 1.76 bits per heavy atom. The number of pyridine rings is 1. The maximum absolute atomic E-state index is 2.47. The first-order valence-electron chi connectivity index (χ1n) is 7.35. The van der Waals surface area contributed by atoms with Gasteiger partial charge in [-0.2, -0.15) is 0 Å². The van der Waals surface area contributed by atoms with Crippen molar-refractivity contribution in [1.82, 2.24) is 0 Å². The minimum atomic E-state index is -1.35. The van der Waals surface area contributed by atoms with E-state index < -0.39 is 14.7 Å². The Balaban J connectivity index is 1.94. The van der Waals surface area contributed by atoms with Crippen molar-refractivity contribution in [1.29, 1.82) is 0 Å². The predicted octanol–water partition coefficient (Wildman–Crippen LogP) is 1.14. The average molecular weight is 332 g/mol. The molecule has 100 valence electrons. The molecule has 0 aliphatic carbocycles. The third-order valence-corrected chi connectivity index (χ3v) is 10.3. The molecule has 3 aromatic rings. The zero-order chi connectivity index (χ0) is 14.0. The van der Waals surface area contributed by atoms with Gasteiger partial charge in [0, 0.05) is 0 Å². The molecule has 1 aromatic heterocycles. The third-order valence-electron chi connectivity index (χ3n) is 4.65. The Morgan fingerprint density at radius 1 is 0.905 bits per heavy atom. The number of nitrogens with zero attached hydrogens (tertiary/aromatic N) is 1. The summed E-state index contributed by atoms with van der Waals surface area (Å²) < 4.78 is 7.33. The van der Waals surface area contributed by atoms with Crippen molar-refractivity contribution in [2.45, 2.75) is 13.5 Å². The van der Waals surface area contributed by atoms with Crippen LogP contribution in [0, 0.1) is 6.92 Å². The molecule has 21 heavy (non-hydrogen) atoms. The molecule has 0 fully saturated rings.